The maximum absolute atomic E-state index is 12.6. The normalized spacial score (nSPS) is 19.1. The number of hydrogen-bond donors (Lipinski definition) is 1. The summed E-state index contributed by atoms with van der Waals surface area (Å²) in [6, 6.07) is 0. The first-order valence-corrected chi connectivity index (χ1v) is 10.5. The van der Waals surface area contributed by atoms with Gasteiger partial charge in [-0.1, -0.05) is 19.3 Å². The maximum Gasteiger partial charge on any atom is 0.275 e. The van der Waals surface area contributed by atoms with Crippen LogP contribution in [0.5, 0.6) is 0 Å². The Morgan fingerprint density at radius 3 is 2.84 bits per heavy atom. The van der Waals surface area contributed by atoms with Crippen LogP contribution in [0, 0.1) is 0 Å². The van der Waals surface area contributed by atoms with Crippen LogP contribution in [0.2, 0.25) is 0 Å². The zero-order chi connectivity index (χ0) is 17.1. The van der Waals surface area contributed by atoms with Crippen molar-refractivity contribution in [2.24, 2.45) is 0 Å². The molecule has 2 aliphatic rings. The van der Waals surface area contributed by atoms with Crippen molar-refractivity contribution in [1.82, 2.24) is 9.36 Å². The molecular weight excluding hydrogens is 356 g/mol. The Kier molecular flexibility index (Phi) is 5.28. The molecule has 0 radical (unpaired) electrons. The minimum absolute atomic E-state index is 0.145. The van der Waals surface area contributed by atoms with Crippen molar-refractivity contribution in [2.45, 2.75) is 38.0 Å². The Morgan fingerprint density at radius 2 is 2.04 bits per heavy atom. The molecule has 4 rings (SSSR count). The van der Waals surface area contributed by atoms with Crippen molar-refractivity contribution in [3.8, 4) is 0 Å². The topological polar surface area (TPSA) is 67.4 Å². The number of thiazole rings is 1. The number of aromatic nitrogens is 2. The molecule has 1 saturated heterocycles. The molecule has 134 valence electrons. The summed E-state index contributed by atoms with van der Waals surface area (Å²) in [6.07, 6.45) is 7.99. The molecule has 2 aromatic heterocycles. The number of anilines is 2. The first-order valence-electron chi connectivity index (χ1n) is 8.85. The van der Waals surface area contributed by atoms with E-state index in [1.165, 1.54) is 43.6 Å². The van der Waals surface area contributed by atoms with E-state index >= 15 is 0 Å². The Labute approximate surface area is 155 Å². The van der Waals surface area contributed by atoms with Crippen LogP contribution in [0.4, 0.5) is 10.7 Å². The van der Waals surface area contributed by atoms with E-state index in [0.29, 0.717) is 24.8 Å². The second-order valence-electron chi connectivity index (χ2n) is 6.50. The monoisotopic (exact) mass is 378 g/mol. The average molecular weight is 379 g/mol. The third kappa shape index (κ3) is 3.86. The van der Waals surface area contributed by atoms with E-state index in [9.17, 15) is 4.79 Å². The Balaban J connectivity index is 1.44. The average Bonchev–Trinajstić information content (AvgIpc) is 3.33. The Morgan fingerprint density at radius 1 is 1.24 bits per heavy atom. The van der Waals surface area contributed by atoms with Gasteiger partial charge < -0.3 is 15.0 Å². The molecule has 25 heavy (non-hydrogen) atoms. The molecule has 2 fully saturated rings. The lowest BCUT2D eigenvalue weighted by molar-refractivity contribution is 0.102. The van der Waals surface area contributed by atoms with Gasteiger partial charge in [0.15, 0.2) is 0 Å². The molecular formula is C17H22N4O2S2. The van der Waals surface area contributed by atoms with Crippen LogP contribution < -0.4 is 10.2 Å². The summed E-state index contributed by atoms with van der Waals surface area (Å²) >= 11 is 3.03. The SMILES string of the molecule is O=C(Nc1cnsc1N1CCOCC1)c1csc(C2CCCCC2)n1. The van der Waals surface area contributed by atoms with Gasteiger partial charge in [-0.2, -0.15) is 4.37 Å². The highest BCUT2D eigenvalue weighted by Gasteiger charge is 2.22. The van der Waals surface area contributed by atoms with Gasteiger partial charge in [0, 0.05) is 24.4 Å². The van der Waals surface area contributed by atoms with Gasteiger partial charge in [-0.15, -0.1) is 11.3 Å². The second kappa shape index (κ2) is 7.80. The number of carbonyl (C=O) groups is 1. The third-order valence-corrected chi connectivity index (χ3v) is 6.68. The number of nitrogens with zero attached hydrogens (tertiary/aromatic N) is 3. The number of nitrogens with one attached hydrogen (secondary N) is 1. The van der Waals surface area contributed by atoms with Gasteiger partial charge in [0.05, 0.1) is 30.1 Å². The smallest absolute Gasteiger partial charge is 0.275 e. The highest BCUT2D eigenvalue weighted by atomic mass is 32.1. The molecule has 0 spiro atoms. The molecule has 8 heteroatoms. The summed E-state index contributed by atoms with van der Waals surface area (Å²) in [7, 11) is 0. The lowest BCUT2D eigenvalue weighted by atomic mass is 9.90. The summed E-state index contributed by atoms with van der Waals surface area (Å²) in [5.74, 6) is 0.389. The number of amides is 1. The first kappa shape index (κ1) is 16.9. The zero-order valence-electron chi connectivity index (χ0n) is 14.1. The van der Waals surface area contributed by atoms with Crippen LogP contribution in [0.1, 0.15) is 53.5 Å². The fourth-order valence-corrected chi connectivity index (χ4v) is 5.16. The molecule has 0 atom stereocenters. The van der Waals surface area contributed by atoms with E-state index < -0.39 is 0 Å². The molecule has 1 aliphatic carbocycles. The molecule has 2 aromatic rings. The van der Waals surface area contributed by atoms with Crippen LogP contribution in [0.25, 0.3) is 0 Å². The predicted molar refractivity (Wildman–Crippen MR) is 101 cm³/mol. The number of carbonyl (C=O) groups excluding carboxylic acids is 1. The predicted octanol–water partition coefficient (Wildman–Crippen LogP) is 3.74. The molecule has 1 N–H and O–H groups in total. The van der Waals surface area contributed by atoms with E-state index in [-0.39, 0.29) is 5.91 Å². The van der Waals surface area contributed by atoms with Gasteiger partial charge in [0.1, 0.15) is 10.7 Å². The number of hydrogen-bond acceptors (Lipinski definition) is 7. The highest BCUT2D eigenvalue weighted by Crippen LogP contribution is 2.35. The minimum atomic E-state index is -0.145. The van der Waals surface area contributed by atoms with Crippen molar-refractivity contribution in [3.05, 3.63) is 22.3 Å². The van der Waals surface area contributed by atoms with E-state index in [0.717, 1.165) is 28.8 Å². The number of morpholine rings is 1. The van der Waals surface area contributed by atoms with Crippen LogP contribution in [-0.4, -0.2) is 41.6 Å². The van der Waals surface area contributed by atoms with E-state index in [4.69, 9.17) is 4.74 Å². The molecule has 3 heterocycles. The molecule has 1 saturated carbocycles. The van der Waals surface area contributed by atoms with Crippen molar-refractivity contribution in [1.29, 1.82) is 0 Å². The molecule has 6 nitrogen and oxygen atoms in total. The van der Waals surface area contributed by atoms with E-state index in [1.807, 2.05) is 5.38 Å². The fraction of sp³-hybridized carbons (Fsp3) is 0.588. The minimum Gasteiger partial charge on any atom is -0.378 e. The van der Waals surface area contributed by atoms with E-state index in [2.05, 4.69) is 19.6 Å². The van der Waals surface area contributed by atoms with Gasteiger partial charge in [-0.3, -0.25) is 4.79 Å². The number of rotatable bonds is 4. The van der Waals surface area contributed by atoms with Gasteiger partial charge in [-0.25, -0.2) is 4.98 Å². The summed E-state index contributed by atoms with van der Waals surface area (Å²) in [5, 5.41) is 6.99. The van der Waals surface area contributed by atoms with Gasteiger partial charge in [0.25, 0.3) is 5.91 Å². The largest absolute Gasteiger partial charge is 0.378 e. The molecule has 0 aromatic carbocycles. The standard InChI is InChI=1S/C17H22N4O2S2/c22-15(14-11-24-16(20-14)12-4-2-1-3-5-12)19-13-10-18-25-17(13)21-6-8-23-9-7-21/h10-12H,1-9H2,(H,19,22). The third-order valence-electron chi connectivity index (χ3n) is 4.81. The Hall–Kier alpha value is -1.51. The van der Waals surface area contributed by atoms with Crippen LogP contribution in [0.3, 0.4) is 0 Å². The van der Waals surface area contributed by atoms with Crippen LogP contribution in [-0.2, 0) is 4.74 Å². The summed E-state index contributed by atoms with van der Waals surface area (Å²) in [6.45, 7) is 3.07. The summed E-state index contributed by atoms with van der Waals surface area (Å²) in [5.41, 5.74) is 1.29. The second-order valence-corrected chi connectivity index (χ2v) is 8.17. The molecule has 0 unspecified atom stereocenters. The molecule has 1 amide bonds. The first-order chi connectivity index (χ1) is 12.3. The van der Waals surface area contributed by atoms with Crippen molar-refractivity contribution >= 4 is 39.5 Å². The van der Waals surface area contributed by atoms with Gasteiger partial charge in [-0.05, 0) is 24.4 Å². The lowest BCUT2D eigenvalue weighted by Gasteiger charge is -2.27. The highest BCUT2D eigenvalue weighted by molar-refractivity contribution is 7.11. The van der Waals surface area contributed by atoms with E-state index in [1.54, 1.807) is 17.5 Å². The Bertz CT molecular complexity index is 718. The number of ether oxygens (including phenoxy) is 1. The quantitative estimate of drug-likeness (QED) is 0.878. The van der Waals surface area contributed by atoms with Gasteiger partial charge >= 0.3 is 0 Å². The molecule has 1 aliphatic heterocycles. The lowest BCUT2D eigenvalue weighted by Crippen LogP contribution is -2.36. The van der Waals surface area contributed by atoms with Crippen molar-refractivity contribution in [2.75, 3.05) is 36.5 Å². The maximum atomic E-state index is 12.6. The van der Waals surface area contributed by atoms with Crippen molar-refractivity contribution in [3.63, 3.8) is 0 Å². The fourth-order valence-electron chi connectivity index (χ4n) is 3.43. The van der Waals surface area contributed by atoms with Crippen LogP contribution >= 0.6 is 22.9 Å². The summed E-state index contributed by atoms with van der Waals surface area (Å²) in [4.78, 5) is 19.4. The molecule has 0 bridgehead atoms. The van der Waals surface area contributed by atoms with Crippen molar-refractivity contribution < 1.29 is 9.53 Å². The zero-order valence-corrected chi connectivity index (χ0v) is 15.7. The summed E-state index contributed by atoms with van der Waals surface area (Å²) < 4.78 is 9.64. The van der Waals surface area contributed by atoms with Gasteiger partial charge in [0.2, 0.25) is 0 Å². The van der Waals surface area contributed by atoms with Crippen LogP contribution in [0.15, 0.2) is 11.6 Å².